The fourth-order valence-electron chi connectivity index (χ4n) is 3.99. The van der Waals surface area contributed by atoms with Crippen LogP contribution in [-0.2, 0) is 9.53 Å². The van der Waals surface area contributed by atoms with Gasteiger partial charge < -0.3 is 15.0 Å². The van der Waals surface area contributed by atoms with Crippen molar-refractivity contribution in [3.63, 3.8) is 0 Å². The molecule has 1 N–H and O–H groups in total. The van der Waals surface area contributed by atoms with Crippen LogP contribution in [0.15, 0.2) is 55.0 Å². The van der Waals surface area contributed by atoms with Crippen LogP contribution in [0.4, 0.5) is 4.79 Å². The number of benzene rings is 1. The Labute approximate surface area is 181 Å². The molecule has 8 heteroatoms. The third-order valence-electron chi connectivity index (χ3n) is 5.25. The van der Waals surface area contributed by atoms with Crippen molar-refractivity contribution in [1.82, 2.24) is 24.6 Å². The van der Waals surface area contributed by atoms with Crippen LogP contribution in [0.2, 0.25) is 0 Å². The van der Waals surface area contributed by atoms with Crippen molar-refractivity contribution in [2.75, 3.05) is 6.54 Å². The van der Waals surface area contributed by atoms with Crippen molar-refractivity contribution in [1.29, 1.82) is 0 Å². The predicted octanol–water partition coefficient (Wildman–Crippen LogP) is 3.66. The largest absolute Gasteiger partial charge is 0.444 e. The number of hydrogen-bond acceptors (Lipinski definition) is 5. The summed E-state index contributed by atoms with van der Waals surface area (Å²) >= 11 is 0. The molecular weight excluding hydrogens is 394 g/mol. The van der Waals surface area contributed by atoms with Crippen LogP contribution in [-0.4, -0.2) is 43.4 Å². The highest BCUT2D eigenvalue weighted by Gasteiger charge is 2.37. The van der Waals surface area contributed by atoms with E-state index in [4.69, 9.17) is 4.74 Å². The summed E-state index contributed by atoms with van der Waals surface area (Å²) in [6.07, 6.45) is 6.36. The molecule has 2 aromatic heterocycles. The SMILES string of the molecule is CC(C)(C)OC(=O)NC(C(=O)N1CCCC1c1ccnc2nccn12)c1ccccc1. The molecule has 4 rings (SSSR count). The lowest BCUT2D eigenvalue weighted by atomic mass is 10.0. The van der Waals surface area contributed by atoms with E-state index in [9.17, 15) is 9.59 Å². The Balaban J connectivity index is 1.64. The first-order valence-corrected chi connectivity index (χ1v) is 10.5. The maximum atomic E-state index is 13.7. The van der Waals surface area contributed by atoms with Gasteiger partial charge in [-0.15, -0.1) is 0 Å². The molecule has 3 heterocycles. The number of alkyl carbamates (subject to hydrolysis) is 1. The Morgan fingerprint density at radius 2 is 1.87 bits per heavy atom. The zero-order chi connectivity index (χ0) is 22.0. The first-order chi connectivity index (χ1) is 14.8. The summed E-state index contributed by atoms with van der Waals surface area (Å²) in [5.41, 5.74) is 1.01. The van der Waals surface area contributed by atoms with Gasteiger partial charge in [0.2, 0.25) is 11.7 Å². The van der Waals surface area contributed by atoms with E-state index in [1.54, 1.807) is 33.2 Å². The Hall–Kier alpha value is -3.42. The highest BCUT2D eigenvalue weighted by Crippen LogP contribution is 2.34. The molecule has 1 aliphatic heterocycles. The lowest BCUT2D eigenvalue weighted by molar-refractivity contribution is -0.134. The van der Waals surface area contributed by atoms with E-state index in [0.29, 0.717) is 17.9 Å². The van der Waals surface area contributed by atoms with Gasteiger partial charge in [0.25, 0.3) is 0 Å². The van der Waals surface area contributed by atoms with Crippen LogP contribution in [0.25, 0.3) is 5.78 Å². The molecule has 1 fully saturated rings. The Morgan fingerprint density at radius 1 is 1.13 bits per heavy atom. The number of ether oxygens (including phenoxy) is 1. The average Bonchev–Trinajstić information content (AvgIpc) is 3.40. The van der Waals surface area contributed by atoms with Crippen molar-refractivity contribution >= 4 is 17.8 Å². The number of nitrogens with zero attached hydrogens (tertiary/aromatic N) is 4. The predicted molar refractivity (Wildman–Crippen MR) is 115 cm³/mol. The molecule has 0 aliphatic carbocycles. The third-order valence-corrected chi connectivity index (χ3v) is 5.25. The van der Waals surface area contributed by atoms with E-state index in [2.05, 4.69) is 15.3 Å². The zero-order valence-corrected chi connectivity index (χ0v) is 18.0. The minimum atomic E-state index is -0.836. The van der Waals surface area contributed by atoms with Crippen LogP contribution in [0, 0.1) is 0 Å². The number of rotatable bonds is 4. The summed E-state index contributed by atoms with van der Waals surface area (Å²) in [4.78, 5) is 36.6. The van der Waals surface area contributed by atoms with Crippen molar-refractivity contribution in [3.8, 4) is 0 Å². The number of amides is 2. The smallest absolute Gasteiger partial charge is 0.408 e. The van der Waals surface area contributed by atoms with Crippen LogP contribution < -0.4 is 5.32 Å². The van der Waals surface area contributed by atoms with Gasteiger partial charge in [0.05, 0.1) is 6.04 Å². The van der Waals surface area contributed by atoms with Crippen molar-refractivity contribution in [3.05, 3.63) is 66.2 Å². The van der Waals surface area contributed by atoms with Gasteiger partial charge in [0.1, 0.15) is 11.6 Å². The molecule has 1 aromatic carbocycles. The highest BCUT2D eigenvalue weighted by molar-refractivity contribution is 5.87. The number of nitrogens with one attached hydrogen (secondary N) is 1. The number of carbonyl (C=O) groups is 2. The lowest BCUT2D eigenvalue weighted by Gasteiger charge is -2.30. The van der Waals surface area contributed by atoms with E-state index in [-0.39, 0.29) is 11.9 Å². The van der Waals surface area contributed by atoms with Gasteiger partial charge in [-0.1, -0.05) is 30.3 Å². The monoisotopic (exact) mass is 421 g/mol. The van der Waals surface area contributed by atoms with Gasteiger partial charge >= 0.3 is 6.09 Å². The summed E-state index contributed by atoms with van der Waals surface area (Å²) < 4.78 is 7.33. The lowest BCUT2D eigenvalue weighted by Crippen LogP contribution is -2.44. The molecule has 0 spiro atoms. The van der Waals surface area contributed by atoms with Crippen molar-refractivity contribution in [2.24, 2.45) is 0 Å². The second-order valence-corrected chi connectivity index (χ2v) is 8.65. The number of likely N-dealkylation sites (tertiary alicyclic amines) is 1. The molecule has 0 radical (unpaired) electrons. The Morgan fingerprint density at radius 3 is 2.61 bits per heavy atom. The fourth-order valence-corrected chi connectivity index (χ4v) is 3.99. The molecule has 8 nitrogen and oxygen atoms in total. The first-order valence-electron chi connectivity index (χ1n) is 10.5. The highest BCUT2D eigenvalue weighted by atomic mass is 16.6. The number of imidazole rings is 1. The van der Waals surface area contributed by atoms with Crippen LogP contribution in [0.3, 0.4) is 0 Å². The number of hydrogen-bond donors (Lipinski definition) is 1. The molecular formula is C23H27N5O3. The number of aromatic nitrogens is 3. The number of carbonyl (C=O) groups excluding carboxylic acids is 2. The van der Waals surface area contributed by atoms with Gasteiger partial charge in [-0.05, 0) is 45.2 Å². The first kappa shape index (κ1) is 20.8. The molecule has 2 atom stereocenters. The van der Waals surface area contributed by atoms with Gasteiger partial charge in [-0.25, -0.2) is 14.8 Å². The second-order valence-electron chi connectivity index (χ2n) is 8.65. The zero-order valence-electron chi connectivity index (χ0n) is 18.0. The van der Waals surface area contributed by atoms with Crippen LogP contribution >= 0.6 is 0 Å². The molecule has 3 aromatic rings. The molecule has 0 saturated carbocycles. The average molecular weight is 422 g/mol. The van der Waals surface area contributed by atoms with Gasteiger partial charge in [-0.3, -0.25) is 9.20 Å². The van der Waals surface area contributed by atoms with E-state index < -0.39 is 17.7 Å². The van der Waals surface area contributed by atoms with Gasteiger partial charge in [0, 0.05) is 30.8 Å². The van der Waals surface area contributed by atoms with Gasteiger partial charge in [0.15, 0.2) is 0 Å². The fraction of sp³-hybridized carbons (Fsp3) is 0.391. The third kappa shape index (κ3) is 4.52. The summed E-state index contributed by atoms with van der Waals surface area (Å²) in [5.74, 6) is 0.438. The molecule has 2 unspecified atom stereocenters. The second kappa shape index (κ2) is 8.37. The Bertz CT molecular complexity index is 1070. The maximum Gasteiger partial charge on any atom is 0.408 e. The van der Waals surface area contributed by atoms with Crippen molar-refractivity contribution < 1.29 is 14.3 Å². The summed E-state index contributed by atoms with van der Waals surface area (Å²) in [5, 5.41) is 2.79. The molecule has 0 bridgehead atoms. The van der Waals surface area contributed by atoms with E-state index in [0.717, 1.165) is 18.5 Å². The van der Waals surface area contributed by atoms with E-state index in [1.165, 1.54) is 0 Å². The van der Waals surface area contributed by atoms with Crippen LogP contribution in [0.5, 0.6) is 0 Å². The molecule has 1 saturated heterocycles. The van der Waals surface area contributed by atoms with E-state index in [1.807, 2.05) is 51.9 Å². The van der Waals surface area contributed by atoms with Crippen LogP contribution in [0.1, 0.15) is 57.0 Å². The summed E-state index contributed by atoms with van der Waals surface area (Å²) in [6.45, 7) is 5.99. The maximum absolute atomic E-state index is 13.7. The van der Waals surface area contributed by atoms with Gasteiger partial charge in [-0.2, -0.15) is 0 Å². The quantitative estimate of drug-likeness (QED) is 0.695. The topological polar surface area (TPSA) is 88.8 Å². The summed E-state index contributed by atoms with van der Waals surface area (Å²) in [7, 11) is 0. The molecule has 2 amide bonds. The molecule has 162 valence electrons. The Kier molecular flexibility index (Phi) is 5.63. The van der Waals surface area contributed by atoms with E-state index >= 15 is 0 Å². The van der Waals surface area contributed by atoms with Crippen molar-refractivity contribution in [2.45, 2.75) is 51.3 Å². The normalized spacial score (nSPS) is 17.5. The number of fused-ring (bicyclic) bond motifs is 1. The molecule has 1 aliphatic rings. The molecule has 31 heavy (non-hydrogen) atoms. The minimum absolute atomic E-state index is 0.126. The standard InChI is InChI=1S/C23H27N5O3/c1-23(2,3)31-22(30)26-19(16-8-5-4-6-9-16)20(29)27-14-7-10-17(27)18-11-12-24-21-25-13-15-28(18)21/h4-6,8-9,11-13,15,17,19H,7,10,14H2,1-3H3,(H,26,30). The minimum Gasteiger partial charge on any atom is -0.444 e. The summed E-state index contributed by atoms with van der Waals surface area (Å²) in [6, 6.07) is 10.2.